The van der Waals surface area contributed by atoms with E-state index in [1.54, 1.807) is 6.07 Å². The molecule has 0 aromatic heterocycles. The molecule has 2 atom stereocenters. The van der Waals surface area contributed by atoms with E-state index in [2.05, 4.69) is 28.2 Å². The van der Waals surface area contributed by atoms with Gasteiger partial charge in [0.1, 0.15) is 5.82 Å². The molecule has 2 unspecified atom stereocenters. The molecule has 0 aliphatic carbocycles. The Balaban J connectivity index is 2.54. The van der Waals surface area contributed by atoms with Crippen molar-refractivity contribution in [1.82, 2.24) is 5.32 Å². The summed E-state index contributed by atoms with van der Waals surface area (Å²) >= 11 is 3.37. The first-order chi connectivity index (χ1) is 8.04. The minimum absolute atomic E-state index is 0.160. The quantitative estimate of drug-likeness (QED) is 0.866. The lowest BCUT2D eigenvalue weighted by Crippen LogP contribution is -2.29. The molecule has 1 aromatic carbocycles. The van der Waals surface area contributed by atoms with E-state index in [1.165, 1.54) is 12.1 Å². The Kier molecular flexibility index (Phi) is 6.09. The van der Waals surface area contributed by atoms with Gasteiger partial charge >= 0.3 is 0 Å². The van der Waals surface area contributed by atoms with E-state index < -0.39 is 0 Å². The largest absolute Gasteiger partial charge is 0.377 e. The monoisotopic (exact) mass is 303 g/mol. The van der Waals surface area contributed by atoms with Crippen LogP contribution in [0.25, 0.3) is 0 Å². The van der Waals surface area contributed by atoms with Gasteiger partial charge in [0.15, 0.2) is 0 Å². The van der Waals surface area contributed by atoms with Crippen molar-refractivity contribution in [2.75, 3.05) is 13.2 Å². The number of halogens is 2. The van der Waals surface area contributed by atoms with E-state index >= 15 is 0 Å². The predicted molar refractivity (Wildman–Crippen MR) is 71.6 cm³/mol. The van der Waals surface area contributed by atoms with E-state index in [0.29, 0.717) is 0 Å². The third-order valence-corrected chi connectivity index (χ3v) is 3.28. The van der Waals surface area contributed by atoms with Crippen LogP contribution in [0.3, 0.4) is 0 Å². The second kappa shape index (κ2) is 7.09. The average molecular weight is 304 g/mol. The second-order valence-corrected chi connectivity index (χ2v) is 4.92. The fourth-order valence-electron chi connectivity index (χ4n) is 1.65. The first kappa shape index (κ1) is 14.6. The summed E-state index contributed by atoms with van der Waals surface area (Å²) in [5, 5.41) is 3.37. The summed E-state index contributed by atoms with van der Waals surface area (Å²) in [7, 11) is 0. The van der Waals surface area contributed by atoms with Crippen LogP contribution in [-0.2, 0) is 4.74 Å². The topological polar surface area (TPSA) is 21.3 Å². The molecule has 96 valence electrons. The third kappa shape index (κ3) is 4.74. The van der Waals surface area contributed by atoms with Crippen molar-refractivity contribution < 1.29 is 9.13 Å². The van der Waals surface area contributed by atoms with Crippen LogP contribution in [0.5, 0.6) is 0 Å². The van der Waals surface area contributed by atoms with Gasteiger partial charge in [0.2, 0.25) is 0 Å². The maximum absolute atomic E-state index is 13.0. The van der Waals surface area contributed by atoms with Gasteiger partial charge in [-0.15, -0.1) is 0 Å². The van der Waals surface area contributed by atoms with Crippen LogP contribution in [0, 0.1) is 5.82 Å². The Bertz CT molecular complexity index is 359. The zero-order valence-corrected chi connectivity index (χ0v) is 12.1. The molecule has 0 saturated heterocycles. The average Bonchev–Trinajstić information content (AvgIpc) is 2.26. The number of benzene rings is 1. The highest BCUT2D eigenvalue weighted by molar-refractivity contribution is 9.10. The molecule has 0 aliphatic heterocycles. The SMILES string of the molecule is CCOC(C)CNC(C)c1ccc(F)cc1Br. The fraction of sp³-hybridized carbons (Fsp3) is 0.538. The first-order valence-corrected chi connectivity index (χ1v) is 6.63. The van der Waals surface area contributed by atoms with Crippen LogP contribution >= 0.6 is 15.9 Å². The number of rotatable bonds is 6. The maximum atomic E-state index is 13.0. The van der Waals surface area contributed by atoms with Gasteiger partial charge in [-0.05, 0) is 38.5 Å². The van der Waals surface area contributed by atoms with Crippen molar-refractivity contribution in [3.63, 3.8) is 0 Å². The van der Waals surface area contributed by atoms with Crippen LogP contribution in [0.15, 0.2) is 22.7 Å². The Morgan fingerprint density at radius 1 is 1.41 bits per heavy atom. The van der Waals surface area contributed by atoms with Crippen LogP contribution in [0.2, 0.25) is 0 Å². The molecule has 1 rings (SSSR count). The van der Waals surface area contributed by atoms with Crippen LogP contribution in [-0.4, -0.2) is 19.3 Å². The lowest BCUT2D eigenvalue weighted by atomic mass is 10.1. The van der Waals surface area contributed by atoms with Crippen molar-refractivity contribution in [1.29, 1.82) is 0 Å². The van der Waals surface area contributed by atoms with E-state index in [1.807, 2.05) is 13.8 Å². The molecular weight excluding hydrogens is 285 g/mol. The van der Waals surface area contributed by atoms with E-state index in [-0.39, 0.29) is 18.0 Å². The van der Waals surface area contributed by atoms with Crippen LogP contribution < -0.4 is 5.32 Å². The fourth-order valence-corrected chi connectivity index (χ4v) is 2.34. The summed E-state index contributed by atoms with van der Waals surface area (Å²) in [4.78, 5) is 0. The van der Waals surface area contributed by atoms with Crippen molar-refractivity contribution in [3.05, 3.63) is 34.1 Å². The summed E-state index contributed by atoms with van der Waals surface area (Å²) in [5.74, 6) is -0.226. The van der Waals surface area contributed by atoms with Crippen molar-refractivity contribution >= 4 is 15.9 Å². The van der Waals surface area contributed by atoms with Crippen molar-refractivity contribution in [2.24, 2.45) is 0 Å². The number of hydrogen-bond acceptors (Lipinski definition) is 2. The van der Waals surface area contributed by atoms with Gasteiger partial charge in [-0.25, -0.2) is 4.39 Å². The zero-order valence-electron chi connectivity index (χ0n) is 10.5. The highest BCUT2D eigenvalue weighted by Gasteiger charge is 2.11. The summed E-state index contributed by atoms with van der Waals surface area (Å²) in [6, 6.07) is 4.92. The lowest BCUT2D eigenvalue weighted by molar-refractivity contribution is 0.0743. The smallest absolute Gasteiger partial charge is 0.124 e. The van der Waals surface area contributed by atoms with Gasteiger partial charge in [-0.3, -0.25) is 0 Å². The molecule has 0 aliphatic rings. The molecule has 0 bridgehead atoms. The first-order valence-electron chi connectivity index (χ1n) is 5.84. The van der Waals surface area contributed by atoms with Gasteiger partial charge in [-0.1, -0.05) is 22.0 Å². The standard InChI is InChI=1S/C13H19BrFNO/c1-4-17-9(2)8-16-10(3)12-6-5-11(15)7-13(12)14/h5-7,9-10,16H,4,8H2,1-3H3. The van der Waals surface area contributed by atoms with Crippen LogP contribution in [0.1, 0.15) is 32.4 Å². The Hall–Kier alpha value is -0.450. The van der Waals surface area contributed by atoms with E-state index in [9.17, 15) is 4.39 Å². The summed E-state index contributed by atoms with van der Waals surface area (Å²) < 4.78 is 19.2. The lowest BCUT2D eigenvalue weighted by Gasteiger charge is -2.19. The third-order valence-electron chi connectivity index (χ3n) is 2.59. The second-order valence-electron chi connectivity index (χ2n) is 4.06. The Labute approximate surface area is 111 Å². The zero-order chi connectivity index (χ0) is 12.8. The molecule has 0 amide bonds. The molecule has 0 heterocycles. The van der Waals surface area contributed by atoms with Crippen molar-refractivity contribution in [2.45, 2.75) is 32.9 Å². The minimum atomic E-state index is -0.226. The highest BCUT2D eigenvalue weighted by Crippen LogP contribution is 2.24. The summed E-state index contributed by atoms with van der Waals surface area (Å²) in [6.07, 6.45) is 0.182. The molecule has 2 nitrogen and oxygen atoms in total. The van der Waals surface area contributed by atoms with Crippen LogP contribution in [0.4, 0.5) is 4.39 Å². The molecule has 0 spiro atoms. The molecule has 4 heteroatoms. The van der Waals surface area contributed by atoms with Gasteiger partial charge < -0.3 is 10.1 Å². The van der Waals surface area contributed by atoms with Gasteiger partial charge in [0.25, 0.3) is 0 Å². The highest BCUT2D eigenvalue weighted by atomic mass is 79.9. The van der Waals surface area contributed by atoms with Crippen molar-refractivity contribution in [3.8, 4) is 0 Å². The molecule has 1 aromatic rings. The van der Waals surface area contributed by atoms with E-state index in [0.717, 1.165) is 23.2 Å². The van der Waals surface area contributed by atoms with Gasteiger partial charge in [0.05, 0.1) is 6.10 Å². The Morgan fingerprint density at radius 3 is 2.71 bits per heavy atom. The molecule has 17 heavy (non-hydrogen) atoms. The minimum Gasteiger partial charge on any atom is -0.377 e. The maximum Gasteiger partial charge on any atom is 0.124 e. The molecule has 1 N–H and O–H groups in total. The molecule has 0 radical (unpaired) electrons. The normalized spacial score (nSPS) is 14.6. The molecular formula is C13H19BrFNO. The van der Waals surface area contributed by atoms with Gasteiger partial charge in [0, 0.05) is 23.7 Å². The van der Waals surface area contributed by atoms with E-state index in [4.69, 9.17) is 4.74 Å². The number of hydrogen-bond donors (Lipinski definition) is 1. The molecule has 0 fully saturated rings. The summed E-state index contributed by atoms with van der Waals surface area (Å²) in [5.41, 5.74) is 1.05. The Morgan fingerprint density at radius 2 is 2.12 bits per heavy atom. The predicted octanol–water partition coefficient (Wildman–Crippen LogP) is 3.66. The number of nitrogens with one attached hydrogen (secondary N) is 1. The summed E-state index contributed by atoms with van der Waals surface area (Å²) in [6.45, 7) is 7.56. The van der Waals surface area contributed by atoms with Gasteiger partial charge in [-0.2, -0.15) is 0 Å². The number of ether oxygens (including phenoxy) is 1. The molecule has 0 saturated carbocycles.